The average molecular weight is 227 g/mol. The fraction of sp³-hybridized carbons (Fsp3) is 0.200. The predicted octanol–water partition coefficient (Wildman–Crippen LogP) is 3.48. The third-order valence-corrected chi connectivity index (χ3v) is 2.66. The van der Waals surface area contributed by atoms with Crippen LogP contribution in [0.1, 0.15) is 5.56 Å². The number of ether oxygens (including phenoxy) is 2. The lowest BCUT2D eigenvalue weighted by Crippen LogP contribution is -1.93. The van der Waals surface area contributed by atoms with Gasteiger partial charge in [0.25, 0.3) is 0 Å². The topological polar surface area (TPSA) is 18.5 Å². The van der Waals surface area contributed by atoms with Crippen LogP contribution in [-0.4, -0.2) is 14.2 Å². The number of methoxy groups -OCH3 is 2. The second kappa shape index (κ2) is 4.91. The first-order valence-corrected chi connectivity index (χ1v) is 5.46. The summed E-state index contributed by atoms with van der Waals surface area (Å²) in [4.78, 5) is 0. The molecule has 0 aliphatic rings. The molecule has 0 amide bonds. The van der Waals surface area contributed by atoms with E-state index in [4.69, 9.17) is 9.47 Å². The van der Waals surface area contributed by atoms with Gasteiger partial charge in [-0.15, -0.1) is 0 Å². The fourth-order valence-electron chi connectivity index (χ4n) is 1.87. The Morgan fingerprint density at radius 3 is 2.53 bits per heavy atom. The van der Waals surface area contributed by atoms with E-state index in [-0.39, 0.29) is 0 Å². The van der Waals surface area contributed by atoms with Gasteiger partial charge in [-0.05, 0) is 30.2 Å². The second-order valence-corrected chi connectivity index (χ2v) is 3.80. The summed E-state index contributed by atoms with van der Waals surface area (Å²) < 4.78 is 10.7. The number of aryl methyl sites for hydroxylation is 1. The smallest absolute Gasteiger partial charge is 0.168 e. The first-order chi connectivity index (χ1) is 8.26. The zero-order valence-electron chi connectivity index (χ0n) is 10.3. The monoisotopic (exact) mass is 227 g/mol. The van der Waals surface area contributed by atoms with Gasteiger partial charge in [0, 0.05) is 5.56 Å². The van der Waals surface area contributed by atoms with E-state index in [9.17, 15) is 0 Å². The molecular formula is C15H15O2. The van der Waals surface area contributed by atoms with E-state index < -0.39 is 0 Å². The molecule has 0 saturated heterocycles. The molecule has 2 heteroatoms. The van der Waals surface area contributed by atoms with Gasteiger partial charge in [-0.1, -0.05) is 30.3 Å². The van der Waals surface area contributed by atoms with Crippen LogP contribution in [0.25, 0.3) is 11.1 Å². The highest BCUT2D eigenvalue weighted by Gasteiger charge is 2.10. The van der Waals surface area contributed by atoms with Crippen molar-refractivity contribution < 1.29 is 9.47 Å². The highest BCUT2D eigenvalue weighted by Crippen LogP contribution is 2.37. The van der Waals surface area contributed by atoms with Gasteiger partial charge in [-0.2, -0.15) is 0 Å². The summed E-state index contributed by atoms with van der Waals surface area (Å²) in [6.07, 6.45) is 0. The molecule has 17 heavy (non-hydrogen) atoms. The van der Waals surface area contributed by atoms with E-state index in [1.165, 1.54) is 0 Å². The summed E-state index contributed by atoms with van der Waals surface area (Å²) in [6, 6.07) is 15.0. The predicted molar refractivity (Wildman–Crippen MR) is 68.6 cm³/mol. The Balaban J connectivity index is 2.59. The zero-order valence-corrected chi connectivity index (χ0v) is 10.3. The Morgan fingerprint density at radius 2 is 1.88 bits per heavy atom. The maximum atomic E-state index is 5.43. The number of para-hydroxylation sites is 1. The number of hydrogen-bond donors (Lipinski definition) is 0. The van der Waals surface area contributed by atoms with Crippen molar-refractivity contribution in [3.8, 4) is 22.6 Å². The van der Waals surface area contributed by atoms with Crippen LogP contribution in [0, 0.1) is 13.0 Å². The van der Waals surface area contributed by atoms with Crippen LogP contribution in [0.3, 0.4) is 0 Å². The Hall–Kier alpha value is -1.96. The highest BCUT2D eigenvalue weighted by molar-refractivity contribution is 5.74. The van der Waals surface area contributed by atoms with Crippen LogP contribution < -0.4 is 9.47 Å². The largest absolute Gasteiger partial charge is 0.493 e. The highest BCUT2D eigenvalue weighted by atomic mass is 16.5. The lowest BCUT2D eigenvalue weighted by molar-refractivity contribution is 0.356. The second-order valence-electron chi connectivity index (χ2n) is 3.80. The fourth-order valence-corrected chi connectivity index (χ4v) is 1.87. The third kappa shape index (κ3) is 2.26. The van der Waals surface area contributed by atoms with Crippen molar-refractivity contribution in [2.24, 2.45) is 0 Å². The Morgan fingerprint density at radius 1 is 1.06 bits per heavy atom. The van der Waals surface area contributed by atoms with Crippen molar-refractivity contribution in [3.05, 3.63) is 48.0 Å². The van der Waals surface area contributed by atoms with Crippen LogP contribution in [0.5, 0.6) is 11.5 Å². The molecule has 87 valence electrons. The molecule has 0 aliphatic heterocycles. The van der Waals surface area contributed by atoms with Gasteiger partial charge >= 0.3 is 0 Å². The molecule has 1 radical (unpaired) electrons. The van der Waals surface area contributed by atoms with Gasteiger partial charge < -0.3 is 9.47 Å². The van der Waals surface area contributed by atoms with Gasteiger partial charge in [0.15, 0.2) is 11.5 Å². The standard InChI is InChI=1S/C15H15O2/c1-11-6-4-7-12(10-11)13-8-5-9-14(16-2)15(13)17-3/h4-5,7-10H,1-3H3. The third-order valence-electron chi connectivity index (χ3n) is 2.66. The van der Waals surface area contributed by atoms with E-state index in [0.717, 1.165) is 28.2 Å². The van der Waals surface area contributed by atoms with E-state index in [1.54, 1.807) is 14.2 Å². The number of rotatable bonds is 3. The lowest BCUT2D eigenvalue weighted by atomic mass is 10.0. The Labute approximate surface area is 102 Å². The molecule has 0 N–H and O–H groups in total. The molecule has 0 bridgehead atoms. The maximum absolute atomic E-state index is 5.43. The van der Waals surface area contributed by atoms with Crippen LogP contribution >= 0.6 is 0 Å². The first kappa shape index (κ1) is 11.5. The summed E-state index contributed by atoms with van der Waals surface area (Å²) in [6.45, 7) is 2.02. The zero-order chi connectivity index (χ0) is 12.3. The molecule has 0 aromatic heterocycles. The van der Waals surface area contributed by atoms with Crippen molar-refractivity contribution in [3.63, 3.8) is 0 Å². The van der Waals surface area contributed by atoms with E-state index in [2.05, 4.69) is 12.1 Å². The van der Waals surface area contributed by atoms with E-state index in [0.29, 0.717) is 0 Å². The summed E-state index contributed by atoms with van der Waals surface area (Å²) in [5.41, 5.74) is 3.24. The first-order valence-electron chi connectivity index (χ1n) is 5.46. The van der Waals surface area contributed by atoms with Gasteiger partial charge in [-0.25, -0.2) is 0 Å². The van der Waals surface area contributed by atoms with E-state index in [1.807, 2.05) is 37.3 Å². The maximum Gasteiger partial charge on any atom is 0.168 e. The van der Waals surface area contributed by atoms with Crippen LogP contribution in [0.15, 0.2) is 36.4 Å². The Bertz CT molecular complexity index is 518. The molecule has 0 heterocycles. The van der Waals surface area contributed by atoms with Crippen molar-refractivity contribution in [2.45, 2.75) is 6.92 Å². The molecule has 0 aliphatic carbocycles. The van der Waals surface area contributed by atoms with E-state index >= 15 is 0 Å². The molecule has 0 atom stereocenters. The molecular weight excluding hydrogens is 212 g/mol. The van der Waals surface area contributed by atoms with Gasteiger partial charge in [0.05, 0.1) is 14.2 Å². The van der Waals surface area contributed by atoms with Crippen LogP contribution in [0.2, 0.25) is 0 Å². The molecule has 0 fully saturated rings. The number of hydrogen-bond acceptors (Lipinski definition) is 2. The van der Waals surface area contributed by atoms with Crippen molar-refractivity contribution in [1.82, 2.24) is 0 Å². The molecule has 2 nitrogen and oxygen atoms in total. The van der Waals surface area contributed by atoms with Crippen molar-refractivity contribution in [1.29, 1.82) is 0 Å². The number of benzene rings is 2. The molecule has 2 aromatic carbocycles. The quantitative estimate of drug-likeness (QED) is 0.799. The summed E-state index contributed by atoms with van der Waals surface area (Å²) >= 11 is 0. The molecule has 0 unspecified atom stereocenters. The van der Waals surface area contributed by atoms with Gasteiger partial charge in [0.2, 0.25) is 0 Å². The summed E-state index contributed by atoms with van der Waals surface area (Å²) in [5, 5.41) is 0. The normalized spacial score (nSPS) is 10.1. The average Bonchev–Trinajstić information content (AvgIpc) is 2.37. The molecule has 0 saturated carbocycles. The van der Waals surface area contributed by atoms with Gasteiger partial charge in [-0.3, -0.25) is 0 Å². The van der Waals surface area contributed by atoms with Gasteiger partial charge in [0.1, 0.15) is 0 Å². The minimum Gasteiger partial charge on any atom is -0.493 e. The minimum atomic E-state index is 0.746. The lowest BCUT2D eigenvalue weighted by Gasteiger charge is -2.12. The SMILES string of the molecule is COc1cccc(-c2cc[c]c(C)c2)c1OC. The summed E-state index contributed by atoms with van der Waals surface area (Å²) in [5.74, 6) is 1.51. The van der Waals surface area contributed by atoms with Crippen molar-refractivity contribution >= 4 is 0 Å². The molecule has 2 aromatic rings. The van der Waals surface area contributed by atoms with Crippen LogP contribution in [0.4, 0.5) is 0 Å². The minimum absolute atomic E-state index is 0.746. The van der Waals surface area contributed by atoms with Crippen LogP contribution in [-0.2, 0) is 0 Å². The van der Waals surface area contributed by atoms with Crippen molar-refractivity contribution in [2.75, 3.05) is 14.2 Å². The molecule has 2 rings (SSSR count). The Kier molecular flexibility index (Phi) is 3.33. The summed E-state index contributed by atoms with van der Waals surface area (Å²) in [7, 11) is 3.30. The molecule has 0 spiro atoms.